The number of nitrogens with zero attached hydrogens (tertiary/aromatic N) is 4. The summed E-state index contributed by atoms with van der Waals surface area (Å²) in [6.45, 7) is 6.59. The summed E-state index contributed by atoms with van der Waals surface area (Å²) in [5.74, 6) is -0.355. The van der Waals surface area contributed by atoms with Crippen molar-refractivity contribution in [2.75, 3.05) is 24.6 Å². The van der Waals surface area contributed by atoms with Crippen LogP contribution in [0.15, 0.2) is 42.5 Å². The predicted octanol–water partition coefficient (Wildman–Crippen LogP) is 4.59. The molecule has 34 heavy (non-hydrogen) atoms. The standard InChI is InChI=1S/C26H32F2N4O2/c1-18(2)34-15-3-4-25-29-26(30-32(25)17-19-5-10-23(27)24(28)16-19)20-6-8-21(9-7-20)31-13-11-22(33)12-14-31/h5-10,16,18,22,33H,3-4,11-15,17H2,1-2H3. The van der Waals surface area contributed by atoms with Crippen LogP contribution < -0.4 is 4.90 Å². The fourth-order valence-corrected chi connectivity index (χ4v) is 4.11. The number of aromatic nitrogens is 3. The zero-order chi connectivity index (χ0) is 24.1. The summed E-state index contributed by atoms with van der Waals surface area (Å²) in [6, 6.07) is 12.0. The van der Waals surface area contributed by atoms with Crippen LogP contribution in [0, 0.1) is 11.6 Å². The summed E-state index contributed by atoms with van der Waals surface area (Å²) >= 11 is 0. The highest BCUT2D eigenvalue weighted by Gasteiger charge is 2.18. The maximum Gasteiger partial charge on any atom is 0.181 e. The third-order valence-electron chi connectivity index (χ3n) is 6.02. The van der Waals surface area contributed by atoms with Gasteiger partial charge in [0.2, 0.25) is 0 Å². The van der Waals surface area contributed by atoms with Crippen LogP contribution in [0.2, 0.25) is 0 Å². The van der Waals surface area contributed by atoms with Gasteiger partial charge in [0.25, 0.3) is 0 Å². The smallest absolute Gasteiger partial charge is 0.181 e. The number of piperidine rings is 1. The molecule has 6 nitrogen and oxygen atoms in total. The number of ether oxygens (including phenoxy) is 1. The van der Waals surface area contributed by atoms with E-state index in [1.165, 1.54) is 6.07 Å². The molecule has 1 aliphatic heterocycles. The van der Waals surface area contributed by atoms with Crippen LogP contribution in [-0.2, 0) is 17.7 Å². The lowest BCUT2D eigenvalue weighted by atomic mass is 10.1. The second kappa shape index (κ2) is 11.1. The first-order chi connectivity index (χ1) is 16.4. The quantitative estimate of drug-likeness (QED) is 0.464. The number of halogens is 2. The van der Waals surface area contributed by atoms with Gasteiger partial charge >= 0.3 is 0 Å². The molecule has 4 rings (SSSR count). The van der Waals surface area contributed by atoms with E-state index in [2.05, 4.69) is 17.0 Å². The van der Waals surface area contributed by atoms with Crippen LogP contribution in [0.3, 0.4) is 0 Å². The van der Waals surface area contributed by atoms with Crippen LogP contribution in [0.1, 0.15) is 44.5 Å². The van der Waals surface area contributed by atoms with Crippen LogP contribution in [0.25, 0.3) is 11.4 Å². The summed E-state index contributed by atoms with van der Waals surface area (Å²) < 4.78 is 34.5. The SMILES string of the molecule is CC(C)OCCCc1nc(-c2ccc(N3CCC(O)CC3)cc2)nn1Cc1ccc(F)c(F)c1. The lowest BCUT2D eigenvalue weighted by Crippen LogP contribution is -2.35. The number of anilines is 1. The number of hydrogen-bond donors (Lipinski definition) is 1. The van der Waals surface area contributed by atoms with Gasteiger partial charge in [0.1, 0.15) is 5.82 Å². The van der Waals surface area contributed by atoms with E-state index in [0.717, 1.165) is 55.5 Å². The molecule has 0 unspecified atom stereocenters. The highest BCUT2D eigenvalue weighted by molar-refractivity contribution is 5.60. The van der Waals surface area contributed by atoms with E-state index in [1.807, 2.05) is 26.0 Å². The molecule has 0 saturated carbocycles. The van der Waals surface area contributed by atoms with Gasteiger partial charge in [0, 0.05) is 37.4 Å². The molecule has 182 valence electrons. The van der Waals surface area contributed by atoms with Gasteiger partial charge in [-0.2, -0.15) is 5.10 Å². The lowest BCUT2D eigenvalue weighted by molar-refractivity contribution is 0.0768. The lowest BCUT2D eigenvalue weighted by Gasteiger charge is -2.31. The predicted molar refractivity (Wildman–Crippen MR) is 128 cm³/mol. The highest BCUT2D eigenvalue weighted by Crippen LogP contribution is 2.24. The maximum atomic E-state index is 13.7. The van der Waals surface area contributed by atoms with E-state index in [4.69, 9.17) is 14.8 Å². The third kappa shape index (κ3) is 6.18. The van der Waals surface area contributed by atoms with Crippen molar-refractivity contribution < 1.29 is 18.6 Å². The Morgan fingerprint density at radius 2 is 1.79 bits per heavy atom. The van der Waals surface area contributed by atoms with Gasteiger partial charge in [-0.3, -0.25) is 0 Å². The summed E-state index contributed by atoms with van der Waals surface area (Å²) in [5.41, 5.74) is 2.63. The van der Waals surface area contributed by atoms with Crippen molar-refractivity contribution in [2.24, 2.45) is 0 Å². The van der Waals surface area contributed by atoms with Crippen molar-refractivity contribution in [1.29, 1.82) is 0 Å². The molecule has 0 bridgehead atoms. The molecule has 3 aromatic rings. The van der Waals surface area contributed by atoms with Crippen LogP contribution in [-0.4, -0.2) is 51.8 Å². The first-order valence-corrected chi connectivity index (χ1v) is 11.9. The molecule has 1 N–H and O–H groups in total. The molecule has 0 aliphatic carbocycles. The molecule has 2 heterocycles. The fourth-order valence-electron chi connectivity index (χ4n) is 4.11. The van der Waals surface area contributed by atoms with Crippen molar-refractivity contribution in [3.05, 3.63) is 65.5 Å². The van der Waals surface area contributed by atoms with Gasteiger partial charge in [-0.05, 0) is 75.1 Å². The molecule has 0 amide bonds. The fraction of sp³-hybridized carbons (Fsp3) is 0.462. The topological polar surface area (TPSA) is 63.4 Å². The largest absolute Gasteiger partial charge is 0.393 e. The second-order valence-corrected chi connectivity index (χ2v) is 9.05. The van der Waals surface area contributed by atoms with E-state index in [0.29, 0.717) is 31.0 Å². The van der Waals surface area contributed by atoms with Gasteiger partial charge in [0.15, 0.2) is 17.5 Å². The minimum absolute atomic E-state index is 0.164. The van der Waals surface area contributed by atoms with E-state index >= 15 is 0 Å². The van der Waals surface area contributed by atoms with Crippen molar-refractivity contribution in [3.8, 4) is 11.4 Å². The minimum Gasteiger partial charge on any atom is -0.393 e. The average molecular weight is 471 g/mol. The van der Waals surface area contributed by atoms with Crippen LogP contribution in [0.4, 0.5) is 14.5 Å². The van der Waals surface area contributed by atoms with Gasteiger partial charge < -0.3 is 14.7 Å². The summed E-state index contributed by atoms with van der Waals surface area (Å²) in [4.78, 5) is 7.04. The number of hydrogen-bond acceptors (Lipinski definition) is 5. The van der Waals surface area contributed by atoms with E-state index in [1.54, 1.807) is 10.7 Å². The molecule has 1 aromatic heterocycles. The molecule has 1 fully saturated rings. The Balaban J connectivity index is 1.53. The molecule has 0 spiro atoms. The molecule has 8 heteroatoms. The van der Waals surface area contributed by atoms with E-state index in [9.17, 15) is 13.9 Å². The average Bonchev–Trinajstić information content (AvgIpc) is 3.22. The van der Waals surface area contributed by atoms with Crippen molar-refractivity contribution >= 4 is 5.69 Å². The van der Waals surface area contributed by atoms with Crippen molar-refractivity contribution in [3.63, 3.8) is 0 Å². The Morgan fingerprint density at radius 3 is 2.47 bits per heavy atom. The Labute approximate surface area is 199 Å². The Bertz CT molecular complexity index is 1080. The molecule has 0 radical (unpaired) electrons. The molecular formula is C26H32F2N4O2. The van der Waals surface area contributed by atoms with Gasteiger partial charge in [-0.15, -0.1) is 0 Å². The second-order valence-electron chi connectivity index (χ2n) is 9.05. The molecular weight excluding hydrogens is 438 g/mol. The first-order valence-electron chi connectivity index (χ1n) is 11.9. The number of aliphatic hydroxyl groups excluding tert-OH is 1. The summed E-state index contributed by atoms with van der Waals surface area (Å²) in [5, 5.41) is 14.4. The molecule has 1 saturated heterocycles. The molecule has 1 aliphatic rings. The minimum atomic E-state index is -0.870. The summed E-state index contributed by atoms with van der Waals surface area (Å²) in [7, 11) is 0. The first kappa shape index (κ1) is 24.3. The monoisotopic (exact) mass is 470 g/mol. The van der Waals surface area contributed by atoms with Crippen molar-refractivity contribution in [1.82, 2.24) is 14.8 Å². The maximum absolute atomic E-state index is 13.7. The Hall–Kier alpha value is -2.84. The number of aliphatic hydroxyl groups is 1. The molecule has 2 aromatic carbocycles. The van der Waals surface area contributed by atoms with Gasteiger partial charge in [0.05, 0.1) is 18.8 Å². The van der Waals surface area contributed by atoms with Crippen LogP contribution >= 0.6 is 0 Å². The normalized spacial score (nSPS) is 14.8. The Kier molecular flexibility index (Phi) is 7.90. The third-order valence-corrected chi connectivity index (χ3v) is 6.02. The number of aryl methyl sites for hydroxylation is 1. The van der Waals surface area contributed by atoms with E-state index in [-0.39, 0.29) is 12.2 Å². The highest BCUT2D eigenvalue weighted by atomic mass is 19.2. The zero-order valence-electron chi connectivity index (χ0n) is 19.8. The molecule has 0 atom stereocenters. The van der Waals surface area contributed by atoms with E-state index < -0.39 is 11.6 Å². The van der Waals surface area contributed by atoms with Gasteiger partial charge in [-0.25, -0.2) is 18.4 Å². The Morgan fingerprint density at radius 1 is 1.06 bits per heavy atom. The van der Waals surface area contributed by atoms with Crippen LogP contribution in [0.5, 0.6) is 0 Å². The zero-order valence-corrected chi connectivity index (χ0v) is 19.8. The van der Waals surface area contributed by atoms with Gasteiger partial charge in [-0.1, -0.05) is 6.07 Å². The number of rotatable bonds is 9. The number of benzene rings is 2. The van der Waals surface area contributed by atoms with Crippen molar-refractivity contribution in [2.45, 2.75) is 58.3 Å². The summed E-state index contributed by atoms with van der Waals surface area (Å²) in [6.07, 6.45) is 2.97.